The molecule has 1 aliphatic rings. The summed E-state index contributed by atoms with van der Waals surface area (Å²) >= 11 is 0. The number of fused-ring (bicyclic) bond motifs is 1. The SMILES string of the molecule is Cc1cccc(NC2(C#N)CCOc3ccccc32)c1. The number of nitrogens with one attached hydrogen (secondary N) is 1. The van der Waals surface area contributed by atoms with Crippen molar-refractivity contribution in [2.75, 3.05) is 11.9 Å². The van der Waals surface area contributed by atoms with Gasteiger partial charge in [0.1, 0.15) is 5.75 Å². The average molecular weight is 264 g/mol. The Morgan fingerprint density at radius 1 is 1.20 bits per heavy atom. The van der Waals surface area contributed by atoms with Crippen LogP contribution < -0.4 is 10.1 Å². The first-order valence-electron chi connectivity index (χ1n) is 6.72. The van der Waals surface area contributed by atoms with Crippen LogP contribution >= 0.6 is 0 Å². The van der Waals surface area contributed by atoms with E-state index in [1.165, 1.54) is 5.56 Å². The summed E-state index contributed by atoms with van der Waals surface area (Å²) < 4.78 is 5.65. The van der Waals surface area contributed by atoms with Crippen LogP contribution in [0.15, 0.2) is 48.5 Å². The van der Waals surface area contributed by atoms with E-state index in [-0.39, 0.29) is 0 Å². The highest BCUT2D eigenvalue weighted by molar-refractivity contribution is 5.56. The van der Waals surface area contributed by atoms with Gasteiger partial charge in [-0.15, -0.1) is 0 Å². The number of ether oxygens (including phenoxy) is 1. The van der Waals surface area contributed by atoms with E-state index in [9.17, 15) is 5.26 Å². The van der Waals surface area contributed by atoms with Gasteiger partial charge in [0.2, 0.25) is 0 Å². The lowest BCUT2D eigenvalue weighted by atomic mass is 9.85. The Balaban J connectivity index is 2.03. The summed E-state index contributed by atoms with van der Waals surface area (Å²) in [5, 5.41) is 13.2. The molecule has 0 fully saturated rings. The molecule has 0 amide bonds. The first-order chi connectivity index (χ1) is 9.73. The molecular formula is C17H16N2O. The van der Waals surface area contributed by atoms with E-state index in [4.69, 9.17) is 4.74 Å². The molecule has 1 atom stereocenters. The van der Waals surface area contributed by atoms with E-state index in [1.807, 2.05) is 49.4 Å². The minimum atomic E-state index is -0.720. The molecular weight excluding hydrogens is 248 g/mol. The predicted octanol–water partition coefficient (Wildman–Crippen LogP) is 3.61. The van der Waals surface area contributed by atoms with E-state index in [1.54, 1.807) is 0 Å². The smallest absolute Gasteiger partial charge is 0.157 e. The third-order valence-electron chi connectivity index (χ3n) is 3.65. The van der Waals surface area contributed by atoms with Crippen molar-refractivity contribution in [1.29, 1.82) is 5.26 Å². The van der Waals surface area contributed by atoms with Crippen LogP contribution in [0.3, 0.4) is 0 Å². The van der Waals surface area contributed by atoms with Crippen LogP contribution in [0.25, 0.3) is 0 Å². The molecule has 0 saturated carbocycles. The zero-order valence-electron chi connectivity index (χ0n) is 11.4. The summed E-state index contributed by atoms with van der Waals surface area (Å²) in [6.45, 7) is 2.59. The van der Waals surface area contributed by atoms with Crippen LogP contribution in [0.5, 0.6) is 5.75 Å². The largest absolute Gasteiger partial charge is 0.493 e. The maximum absolute atomic E-state index is 9.75. The lowest BCUT2D eigenvalue weighted by molar-refractivity contribution is 0.253. The Hall–Kier alpha value is -2.47. The Labute approximate surface area is 118 Å². The van der Waals surface area contributed by atoms with E-state index in [0.717, 1.165) is 17.0 Å². The van der Waals surface area contributed by atoms with Gasteiger partial charge in [-0.3, -0.25) is 0 Å². The molecule has 3 nitrogen and oxygen atoms in total. The average Bonchev–Trinajstić information content (AvgIpc) is 2.47. The molecule has 1 N–H and O–H groups in total. The van der Waals surface area contributed by atoms with Crippen molar-refractivity contribution in [2.24, 2.45) is 0 Å². The minimum absolute atomic E-state index is 0.545. The van der Waals surface area contributed by atoms with Crippen molar-refractivity contribution >= 4 is 5.69 Å². The zero-order valence-corrected chi connectivity index (χ0v) is 11.4. The highest BCUT2D eigenvalue weighted by Crippen LogP contribution is 2.38. The molecule has 2 aromatic rings. The van der Waals surface area contributed by atoms with Crippen molar-refractivity contribution in [3.63, 3.8) is 0 Å². The lowest BCUT2D eigenvalue weighted by Crippen LogP contribution is -2.38. The standard InChI is InChI=1S/C17H16N2O/c1-13-5-4-6-14(11-13)19-17(12-18)9-10-20-16-8-3-2-7-15(16)17/h2-8,11,19H,9-10H2,1H3. The maximum Gasteiger partial charge on any atom is 0.157 e. The van der Waals surface area contributed by atoms with Crippen LogP contribution in [-0.2, 0) is 5.54 Å². The van der Waals surface area contributed by atoms with Crippen molar-refractivity contribution < 1.29 is 4.74 Å². The number of benzene rings is 2. The van der Waals surface area contributed by atoms with Gasteiger partial charge >= 0.3 is 0 Å². The number of nitrogens with zero attached hydrogens (tertiary/aromatic N) is 1. The second kappa shape index (κ2) is 4.90. The van der Waals surface area contributed by atoms with Crippen molar-refractivity contribution in [3.05, 3.63) is 59.7 Å². The highest BCUT2D eigenvalue weighted by atomic mass is 16.5. The first-order valence-corrected chi connectivity index (χ1v) is 6.72. The Bertz CT molecular complexity index is 675. The fraction of sp³-hybridized carbons (Fsp3) is 0.235. The number of hydrogen-bond donors (Lipinski definition) is 1. The van der Waals surface area contributed by atoms with Gasteiger partial charge in [-0.2, -0.15) is 5.26 Å². The van der Waals surface area contributed by atoms with Gasteiger partial charge in [0, 0.05) is 17.7 Å². The molecule has 2 aromatic carbocycles. The molecule has 0 bridgehead atoms. The van der Waals surface area contributed by atoms with Gasteiger partial charge in [0.05, 0.1) is 12.7 Å². The van der Waals surface area contributed by atoms with Crippen molar-refractivity contribution in [2.45, 2.75) is 18.9 Å². The molecule has 0 aromatic heterocycles. The van der Waals surface area contributed by atoms with Crippen molar-refractivity contribution in [3.8, 4) is 11.8 Å². The summed E-state index contributed by atoms with van der Waals surface area (Å²) in [6, 6.07) is 18.3. The third-order valence-corrected chi connectivity index (χ3v) is 3.65. The fourth-order valence-electron chi connectivity index (χ4n) is 2.64. The maximum atomic E-state index is 9.75. The van der Waals surface area contributed by atoms with Crippen LogP contribution in [0.1, 0.15) is 17.5 Å². The molecule has 3 heteroatoms. The molecule has 20 heavy (non-hydrogen) atoms. The number of para-hydroxylation sites is 1. The summed E-state index contributed by atoms with van der Waals surface area (Å²) in [6.07, 6.45) is 0.633. The van der Waals surface area contributed by atoms with Gasteiger partial charge in [-0.25, -0.2) is 0 Å². The second-order valence-electron chi connectivity index (χ2n) is 5.11. The van der Waals surface area contributed by atoms with Crippen molar-refractivity contribution in [1.82, 2.24) is 0 Å². The molecule has 0 aliphatic carbocycles. The molecule has 3 rings (SSSR count). The monoisotopic (exact) mass is 264 g/mol. The third kappa shape index (κ3) is 2.10. The van der Waals surface area contributed by atoms with E-state index in [2.05, 4.69) is 17.5 Å². The normalized spacial score (nSPS) is 20.4. The number of hydrogen-bond acceptors (Lipinski definition) is 3. The number of anilines is 1. The molecule has 0 saturated heterocycles. The quantitative estimate of drug-likeness (QED) is 0.901. The lowest BCUT2D eigenvalue weighted by Gasteiger charge is -2.34. The Kier molecular flexibility index (Phi) is 3.08. The van der Waals surface area contributed by atoms with Gasteiger partial charge in [0.15, 0.2) is 5.54 Å². The van der Waals surface area contributed by atoms with Crippen LogP contribution in [0.4, 0.5) is 5.69 Å². The molecule has 0 radical (unpaired) electrons. The van der Waals surface area contributed by atoms with E-state index in [0.29, 0.717) is 13.0 Å². The topological polar surface area (TPSA) is 45.0 Å². The summed E-state index contributed by atoms with van der Waals surface area (Å²) in [4.78, 5) is 0. The van der Waals surface area contributed by atoms with Crippen LogP contribution in [0, 0.1) is 18.3 Å². The number of aryl methyl sites for hydroxylation is 1. The molecule has 0 spiro atoms. The predicted molar refractivity (Wildman–Crippen MR) is 78.6 cm³/mol. The van der Waals surface area contributed by atoms with Crippen LogP contribution in [-0.4, -0.2) is 6.61 Å². The molecule has 1 unspecified atom stereocenters. The Morgan fingerprint density at radius 2 is 2.05 bits per heavy atom. The number of rotatable bonds is 2. The minimum Gasteiger partial charge on any atom is -0.493 e. The summed E-state index contributed by atoms with van der Waals surface area (Å²) in [5.74, 6) is 0.792. The zero-order chi connectivity index (χ0) is 14.0. The second-order valence-corrected chi connectivity index (χ2v) is 5.11. The van der Waals surface area contributed by atoms with Crippen LogP contribution in [0.2, 0.25) is 0 Å². The van der Waals surface area contributed by atoms with Gasteiger partial charge in [-0.1, -0.05) is 30.3 Å². The molecule has 1 aliphatic heterocycles. The fourth-order valence-corrected chi connectivity index (χ4v) is 2.64. The molecule has 100 valence electrons. The Morgan fingerprint density at radius 3 is 2.85 bits per heavy atom. The first kappa shape index (κ1) is 12.6. The van der Waals surface area contributed by atoms with Gasteiger partial charge in [0.25, 0.3) is 0 Å². The summed E-state index contributed by atoms with van der Waals surface area (Å²) in [7, 11) is 0. The van der Waals surface area contributed by atoms with E-state index < -0.39 is 5.54 Å². The highest BCUT2D eigenvalue weighted by Gasteiger charge is 2.38. The van der Waals surface area contributed by atoms with E-state index >= 15 is 0 Å². The van der Waals surface area contributed by atoms with Gasteiger partial charge < -0.3 is 10.1 Å². The summed E-state index contributed by atoms with van der Waals surface area (Å²) in [5.41, 5.74) is 2.32. The molecule has 1 heterocycles. The number of nitriles is 1. The van der Waals surface area contributed by atoms with Gasteiger partial charge in [-0.05, 0) is 30.7 Å².